The van der Waals surface area contributed by atoms with Gasteiger partial charge >= 0.3 is 0 Å². The van der Waals surface area contributed by atoms with E-state index in [9.17, 15) is 0 Å². The van der Waals surface area contributed by atoms with Crippen LogP contribution in [0.4, 0.5) is 0 Å². The average Bonchev–Trinajstić information content (AvgIpc) is 2.51. The Bertz CT molecular complexity index is 320. The summed E-state index contributed by atoms with van der Waals surface area (Å²) in [6, 6.07) is 10.9. The molecule has 1 rings (SSSR count). The fourth-order valence-corrected chi connectivity index (χ4v) is 2.98. The Morgan fingerprint density at radius 3 is 1.82 bits per heavy atom. The number of benzene rings is 1. The summed E-state index contributed by atoms with van der Waals surface area (Å²) >= 11 is 0. The fourth-order valence-electron chi connectivity index (χ4n) is 2.98. The van der Waals surface area contributed by atoms with Crippen LogP contribution in [0.5, 0.6) is 0 Å². The Morgan fingerprint density at radius 2 is 1.23 bits per heavy atom. The summed E-state index contributed by atoms with van der Waals surface area (Å²) < 4.78 is 0. The largest absolute Gasteiger partial charge is 0.412 e. The van der Waals surface area contributed by atoms with Gasteiger partial charge in [0, 0.05) is 0 Å². The maximum atomic E-state index is 2.63. The maximum absolute atomic E-state index is 2.63. The zero-order valence-electron chi connectivity index (χ0n) is 14.8. The number of nitrogens with zero attached hydrogens (tertiary/aromatic N) is 1. The zero-order chi connectivity index (χ0) is 15.2. The van der Waals surface area contributed by atoms with Gasteiger partial charge in [0.1, 0.15) is 0 Å². The Kier molecular flexibility index (Phi) is 14.5. The van der Waals surface area contributed by atoms with E-state index in [2.05, 4.69) is 49.1 Å². The van der Waals surface area contributed by atoms with Crippen LogP contribution in [0.25, 0.3) is 0 Å². The van der Waals surface area contributed by atoms with Gasteiger partial charge in [0.05, 0.1) is 0 Å². The highest BCUT2D eigenvalue weighted by atomic mass is 16.0. The molecular formula is C20H37NO. The molecule has 0 amide bonds. The van der Waals surface area contributed by atoms with Crippen LogP contribution < -0.4 is 0 Å². The molecule has 0 fully saturated rings. The SMILES string of the molecule is CCCN(CCC)CCCCCCCCc1ccccc1.O. The molecule has 0 spiro atoms. The molecule has 1 aromatic rings. The van der Waals surface area contributed by atoms with Crippen LogP contribution in [0, 0.1) is 0 Å². The molecule has 0 aromatic heterocycles. The van der Waals surface area contributed by atoms with Crippen LogP contribution in [0.2, 0.25) is 0 Å². The average molecular weight is 308 g/mol. The summed E-state index contributed by atoms with van der Waals surface area (Å²) in [5.74, 6) is 0. The van der Waals surface area contributed by atoms with Crippen LogP contribution >= 0.6 is 0 Å². The molecule has 0 aliphatic carbocycles. The molecule has 0 unspecified atom stereocenters. The van der Waals surface area contributed by atoms with E-state index in [0.717, 1.165) is 0 Å². The van der Waals surface area contributed by atoms with Crippen molar-refractivity contribution in [2.75, 3.05) is 19.6 Å². The third-order valence-corrected chi connectivity index (χ3v) is 4.11. The standard InChI is InChI=1S/C20H35N.H2O/c1-3-17-21(18-4-2)19-13-8-6-5-7-10-14-20-15-11-9-12-16-20;/h9,11-12,15-16H,3-8,10,13-14,17-19H2,1-2H3;1H2. The second-order valence-corrected chi connectivity index (χ2v) is 6.20. The quantitative estimate of drug-likeness (QED) is 0.479. The molecular weight excluding hydrogens is 270 g/mol. The van der Waals surface area contributed by atoms with E-state index < -0.39 is 0 Å². The lowest BCUT2D eigenvalue weighted by molar-refractivity contribution is 0.267. The van der Waals surface area contributed by atoms with E-state index in [-0.39, 0.29) is 5.48 Å². The lowest BCUT2D eigenvalue weighted by Gasteiger charge is -2.20. The molecule has 0 bridgehead atoms. The van der Waals surface area contributed by atoms with Crippen molar-refractivity contribution in [2.45, 2.75) is 71.6 Å². The molecule has 0 aliphatic rings. The number of rotatable bonds is 13. The Morgan fingerprint density at radius 1 is 0.682 bits per heavy atom. The molecule has 0 atom stereocenters. The first-order valence-electron chi connectivity index (χ1n) is 9.13. The van der Waals surface area contributed by atoms with Crippen LogP contribution in [-0.4, -0.2) is 30.0 Å². The van der Waals surface area contributed by atoms with Gasteiger partial charge in [0.2, 0.25) is 0 Å². The first-order chi connectivity index (χ1) is 10.4. The number of aryl methyl sites for hydroxylation is 1. The molecule has 22 heavy (non-hydrogen) atoms. The minimum Gasteiger partial charge on any atom is -0.412 e. The molecule has 2 nitrogen and oxygen atoms in total. The van der Waals surface area contributed by atoms with E-state index in [1.807, 2.05) is 0 Å². The van der Waals surface area contributed by atoms with Crippen molar-refractivity contribution in [3.05, 3.63) is 35.9 Å². The number of hydrogen-bond donors (Lipinski definition) is 0. The molecule has 1 aromatic carbocycles. The van der Waals surface area contributed by atoms with Crippen LogP contribution in [0.15, 0.2) is 30.3 Å². The zero-order valence-corrected chi connectivity index (χ0v) is 14.8. The van der Waals surface area contributed by atoms with Crippen molar-refractivity contribution >= 4 is 0 Å². The molecule has 0 saturated heterocycles. The highest BCUT2D eigenvalue weighted by Gasteiger charge is 2.01. The van der Waals surface area contributed by atoms with Crippen molar-refractivity contribution in [2.24, 2.45) is 0 Å². The fraction of sp³-hybridized carbons (Fsp3) is 0.700. The Labute approximate surface area is 138 Å². The van der Waals surface area contributed by atoms with Crippen molar-refractivity contribution in [1.82, 2.24) is 4.90 Å². The van der Waals surface area contributed by atoms with Gasteiger partial charge in [-0.05, 0) is 57.3 Å². The lowest BCUT2D eigenvalue weighted by atomic mass is 10.0. The van der Waals surface area contributed by atoms with Gasteiger partial charge in [-0.3, -0.25) is 0 Å². The monoisotopic (exact) mass is 307 g/mol. The van der Waals surface area contributed by atoms with E-state index in [4.69, 9.17) is 0 Å². The van der Waals surface area contributed by atoms with E-state index in [1.165, 1.54) is 83.0 Å². The number of unbranched alkanes of at least 4 members (excludes halogenated alkanes) is 5. The minimum absolute atomic E-state index is 0. The molecule has 0 aliphatic heterocycles. The summed E-state index contributed by atoms with van der Waals surface area (Å²) in [6.07, 6.45) is 12.2. The van der Waals surface area contributed by atoms with Crippen LogP contribution in [0.1, 0.15) is 70.8 Å². The summed E-state index contributed by atoms with van der Waals surface area (Å²) in [4.78, 5) is 2.63. The highest BCUT2D eigenvalue weighted by Crippen LogP contribution is 2.10. The lowest BCUT2D eigenvalue weighted by Crippen LogP contribution is -2.26. The maximum Gasteiger partial charge on any atom is -0.00187 e. The van der Waals surface area contributed by atoms with Gasteiger partial charge in [0.15, 0.2) is 0 Å². The van der Waals surface area contributed by atoms with E-state index >= 15 is 0 Å². The molecule has 0 radical (unpaired) electrons. The molecule has 2 N–H and O–H groups in total. The predicted molar refractivity (Wildman–Crippen MR) is 98.5 cm³/mol. The van der Waals surface area contributed by atoms with Crippen LogP contribution in [0.3, 0.4) is 0 Å². The van der Waals surface area contributed by atoms with Gasteiger partial charge in [-0.15, -0.1) is 0 Å². The van der Waals surface area contributed by atoms with E-state index in [0.29, 0.717) is 0 Å². The first-order valence-corrected chi connectivity index (χ1v) is 9.13. The summed E-state index contributed by atoms with van der Waals surface area (Å²) in [6.45, 7) is 8.45. The van der Waals surface area contributed by atoms with Gasteiger partial charge in [-0.1, -0.05) is 69.9 Å². The third-order valence-electron chi connectivity index (χ3n) is 4.11. The minimum atomic E-state index is 0. The smallest absolute Gasteiger partial charge is 0.00187 e. The molecule has 0 heterocycles. The topological polar surface area (TPSA) is 34.7 Å². The molecule has 2 heteroatoms. The summed E-state index contributed by atoms with van der Waals surface area (Å²) in [7, 11) is 0. The first kappa shape index (κ1) is 21.1. The summed E-state index contributed by atoms with van der Waals surface area (Å²) in [5, 5.41) is 0. The molecule has 128 valence electrons. The van der Waals surface area contributed by atoms with Gasteiger partial charge in [0.25, 0.3) is 0 Å². The van der Waals surface area contributed by atoms with Gasteiger partial charge in [-0.25, -0.2) is 0 Å². The van der Waals surface area contributed by atoms with Gasteiger partial charge in [-0.2, -0.15) is 0 Å². The van der Waals surface area contributed by atoms with Crippen LogP contribution in [-0.2, 0) is 6.42 Å². The second kappa shape index (κ2) is 15.1. The third kappa shape index (κ3) is 10.8. The Hall–Kier alpha value is -0.860. The van der Waals surface area contributed by atoms with Crippen molar-refractivity contribution in [3.63, 3.8) is 0 Å². The highest BCUT2D eigenvalue weighted by molar-refractivity contribution is 5.14. The van der Waals surface area contributed by atoms with E-state index in [1.54, 1.807) is 0 Å². The van der Waals surface area contributed by atoms with Crippen molar-refractivity contribution in [1.29, 1.82) is 0 Å². The van der Waals surface area contributed by atoms with Gasteiger partial charge < -0.3 is 10.4 Å². The Balaban J connectivity index is 0.00000441. The predicted octanol–water partition coefficient (Wildman–Crippen LogP) is 4.87. The van der Waals surface area contributed by atoms with Crippen molar-refractivity contribution < 1.29 is 5.48 Å². The number of hydrogen-bond acceptors (Lipinski definition) is 1. The summed E-state index contributed by atoms with van der Waals surface area (Å²) in [5.41, 5.74) is 1.49. The molecule has 0 saturated carbocycles. The normalized spacial score (nSPS) is 10.7. The second-order valence-electron chi connectivity index (χ2n) is 6.20. The van der Waals surface area contributed by atoms with Crippen molar-refractivity contribution in [3.8, 4) is 0 Å².